The zero-order valence-electron chi connectivity index (χ0n) is 16.2. The van der Waals surface area contributed by atoms with Gasteiger partial charge in [0.1, 0.15) is 11.5 Å². The van der Waals surface area contributed by atoms with Crippen molar-refractivity contribution in [2.45, 2.75) is 58.8 Å². The summed E-state index contributed by atoms with van der Waals surface area (Å²) in [6.07, 6.45) is 10.3. The molecular formula is C19H30N6O. The first kappa shape index (κ1) is 18.6. The Balaban J connectivity index is 1.72. The minimum Gasteiger partial charge on any atom is -0.343 e. The first-order valence-electron chi connectivity index (χ1n) is 9.74. The predicted octanol–water partition coefficient (Wildman–Crippen LogP) is 2.53. The highest BCUT2D eigenvalue weighted by molar-refractivity contribution is 5.76. The average Bonchev–Trinajstić information content (AvgIpc) is 3.08. The summed E-state index contributed by atoms with van der Waals surface area (Å²) < 4.78 is 3.60. The summed E-state index contributed by atoms with van der Waals surface area (Å²) in [4.78, 5) is 19.3. The number of hydrogen-bond donors (Lipinski definition) is 0. The van der Waals surface area contributed by atoms with E-state index < -0.39 is 0 Å². The van der Waals surface area contributed by atoms with Crippen LogP contribution in [0, 0.1) is 5.92 Å². The van der Waals surface area contributed by atoms with Gasteiger partial charge >= 0.3 is 0 Å². The molecule has 0 atom stereocenters. The van der Waals surface area contributed by atoms with Crippen LogP contribution in [-0.2, 0) is 24.7 Å². The number of hydrogen-bond acceptors (Lipinski definition) is 4. The Morgan fingerprint density at radius 2 is 1.92 bits per heavy atom. The van der Waals surface area contributed by atoms with Crippen molar-refractivity contribution >= 4 is 5.91 Å². The maximum absolute atomic E-state index is 12.6. The third kappa shape index (κ3) is 4.71. The second-order valence-corrected chi connectivity index (χ2v) is 7.62. The fourth-order valence-corrected chi connectivity index (χ4v) is 3.43. The van der Waals surface area contributed by atoms with Crippen molar-refractivity contribution in [1.29, 1.82) is 0 Å². The fourth-order valence-electron chi connectivity index (χ4n) is 3.43. The molecule has 7 nitrogen and oxygen atoms in total. The standard InChI is InChI=1S/C19H30N6O/c1-15(2)12-17-21-18(25(22-17)16-13-20-23(3)14-16)8-9-19(26)24-10-6-4-5-7-11-24/h13-15H,4-12H2,1-3H3. The number of aryl methyl sites for hydroxylation is 2. The Hall–Kier alpha value is -2.18. The van der Waals surface area contributed by atoms with E-state index in [1.54, 1.807) is 10.9 Å². The molecule has 0 aliphatic carbocycles. The minimum atomic E-state index is 0.234. The lowest BCUT2D eigenvalue weighted by atomic mass is 10.1. The van der Waals surface area contributed by atoms with Crippen LogP contribution in [0.25, 0.3) is 5.69 Å². The number of likely N-dealkylation sites (tertiary alicyclic amines) is 1. The van der Waals surface area contributed by atoms with Gasteiger partial charge in [-0.15, -0.1) is 0 Å². The van der Waals surface area contributed by atoms with Crippen molar-refractivity contribution in [2.24, 2.45) is 13.0 Å². The Bertz CT molecular complexity index is 724. The summed E-state index contributed by atoms with van der Waals surface area (Å²) in [5.41, 5.74) is 0.896. The lowest BCUT2D eigenvalue weighted by Crippen LogP contribution is -2.32. The van der Waals surface area contributed by atoms with Gasteiger partial charge in [-0.3, -0.25) is 9.48 Å². The Morgan fingerprint density at radius 3 is 2.54 bits per heavy atom. The van der Waals surface area contributed by atoms with E-state index in [1.807, 2.05) is 22.8 Å². The van der Waals surface area contributed by atoms with Gasteiger partial charge in [0.25, 0.3) is 0 Å². The quantitative estimate of drug-likeness (QED) is 0.796. The normalized spacial score (nSPS) is 15.5. The molecule has 3 heterocycles. The zero-order valence-corrected chi connectivity index (χ0v) is 16.2. The van der Waals surface area contributed by atoms with E-state index in [0.29, 0.717) is 18.8 Å². The van der Waals surface area contributed by atoms with E-state index >= 15 is 0 Å². The third-order valence-electron chi connectivity index (χ3n) is 4.77. The van der Waals surface area contributed by atoms with Gasteiger partial charge in [0.05, 0.1) is 12.4 Å². The van der Waals surface area contributed by atoms with Crippen LogP contribution < -0.4 is 0 Å². The molecule has 1 aliphatic rings. The van der Waals surface area contributed by atoms with E-state index in [9.17, 15) is 4.79 Å². The van der Waals surface area contributed by atoms with Crippen LogP contribution in [0.15, 0.2) is 12.4 Å². The Labute approximate surface area is 155 Å². The van der Waals surface area contributed by atoms with E-state index in [2.05, 4.69) is 24.0 Å². The molecule has 26 heavy (non-hydrogen) atoms. The molecule has 142 valence electrons. The van der Waals surface area contributed by atoms with Gasteiger partial charge in [0.2, 0.25) is 5.91 Å². The number of amides is 1. The van der Waals surface area contributed by atoms with Gasteiger partial charge in [-0.1, -0.05) is 26.7 Å². The minimum absolute atomic E-state index is 0.234. The third-order valence-corrected chi connectivity index (χ3v) is 4.77. The highest BCUT2D eigenvalue weighted by atomic mass is 16.2. The molecule has 2 aromatic rings. The molecule has 0 radical (unpaired) electrons. The Morgan fingerprint density at radius 1 is 1.19 bits per heavy atom. The topological polar surface area (TPSA) is 68.8 Å². The van der Waals surface area contributed by atoms with E-state index in [0.717, 1.165) is 49.7 Å². The molecule has 0 N–H and O–H groups in total. The molecule has 0 saturated carbocycles. The number of rotatable bonds is 6. The molecule has 0 unspecified atom stereocenters. The molecule has 1 amide bonds. The summed E-state index contributed by atoms with van der Waals surface area (Å²) >= 11 is 0. The SMILES string of the molecule is CC(C)Cc1nc(CCC(=O)N2CCCCCC2)n(-c2cnn(C)c2)n1. The van der Waals surface area contributed by atoms with Crippen LogP contribution in [-0.4, -0.2) is 48.4 Å². The van der Waals surface area contributed by atoms with E-state index in [-0.39, 0.29) is 5.91 Å². The van der Waals surface area contributed by atoms with Gasteiger partial charge in [0, 0.05) is 39.4 Å². The number of aromatic nitrogens is 5. The fraction of sp³-hybridized carbons (Fsp3) is 0.684. The zero-order chi connectivity index (χ0) is 18.5. The first-order chi connectivity index (χ1) is 12.5. The summed E-state index contributed by atoms with van der Waals surface area (Å²) in [5.74, 6) is 2.40. The van der Waals surface area contributed by atoms with Gasteiger partial charge in [-0.2, -0.15) is 10.2 Å². The summed E-state index contributed by atoms with van der Waals surface area (Å²) in [5, 5.41) is 8.90. The second-order valence-electron chi connectivity index (χ2n) is 7.62. The van der Waals surface area contributed by atoms with Crippen LogP contribution in [0.4, 0.5) is 0 Å². The van der Waals surface area contributed by atoms with Crippen LogP contribution in [0.5, 0.6) is 0 Å². The van der Waals surface area contributed by atoms with Gasteiger partial charge in [0.15, 0.2) is 5.82 Å². The highest BCUT2D eigenvalue weighted by Crippen LogP contribution is 2.15. The molecule has 0 spiro atoms. The molecule has 7 heteroatoms. The smallest absolute Gasteiger partial charge is 0.223 e. The van der Waals surface area contributed by atoms with Crippen LogP contribution >= 0.6 is 0 Å². The molecule has 3 rings (SSSR count). The predicted molar refractivity (Wildman–Crippen MR) is 100 cm³/mol. The van der Waals surface area contributed by atoms with Crippen LogP contribution in [0.1, 0.15) is 57.6 Å². The Kier molecular flexibility index (Phi) is 6.06. The van der Waals surface area contributed by atoms with E-state index in [4.69, 9.17) is 4.98 Å². The summed E-state index contributed by atoms with van der Waals surface area (Å²) in [6.45, 7) is 6.11. The molecule has 1 aliphatic heterocycles. The molecule has 2 aromatic heterocycles. The summed E-state index contributed by atoms with van der Waals surface area (Å²) in [7, 11) is 1.89. The number of nitrogens with zero attached hydrogens (tertiary/aromatic N) is 6. The average molecular weight is 358 g/mol. The highest BCUT2D eigenvalue weighted by Gasteiger charge is 2.19. The van der Waals surface area contributed by atoms with Crippen molar-refractivity contribution < 1.29 is 4.79 Å². The first-order valence-corrected chi connectivity index (χ1v) is 9.74. The largest absolute Gasteiger partial charge is 0.343 e. The number of carbonyl (C=O) groups excluding carboxylic acids is 1. The van der Waals surface area contributed by atoms with Gasteiger partial charge in [-0.05, 0) is 18.8 Å². The maximum atomic E-state index is 12.6. The van der Waals surface area contributed by atoms with Crippen LogP contribution in [0.3, 0.4) is 0 Å². The van der Waals surface area contributed by atoms with Crippen LogP contribution in [0.2, 0.25) is 0 Å². The van der Waals surface area contributed by atoms with Crippen molar-refractivity contribution in [2.75, 3.05) is 13.1 Å². The van der Waals surface area contributed by atoms with Crippen molar-refractivity contribution in [3.8, 4) is 5.69 Å². The second kappa shape index (κ2) is 8.47. The monoisotopic (exact) mass is 358 g/mol. The van der Waals surface area contributed by atoms with Crippen molar-refractivity contribution in [3.05, 3.63) is 24.0 Å². The molecule has 0 aromatic carbocycles. The van der Waals surface area contributed by atoms with E-state index in [1.165, 1.54) is 12.8 Å². The number of carbonyl (C=O) groups is 1. The molecular weight excluding hydrogens is 328 g/mol. The molecule has 1 saturated heterocycles. The lowest BCUT2D eigenvalue weighted by Gasteiger charge is -2.20. The molecule has 0 bridgehead atoms. The van der Waals surface area contributed by atoms with Gasteiger partial charge in [-0.25, -0.2) is 9.67 Å². The lowest BCUT2D eigenvalue weighted by molar-refractivity contribution is -0.131. The molecule has 1 fully saturated rings. The maximum Gasteiger partial charge on any atom is 0.223 e. The van der Waals surface area contributed by atoms with Crippen molar-refractivity contribution in [3.63, 3.8) is 0 Å². The van der Waals surface area contributed by atoms with Gasteiger partial charge < -0.3 is 4.90 Å². The summed E-state index contributed by atoms with van der Waals surface area (Å²) in [6, 6.07) is 0. The van der Waals surface area contributed by atoms with Crippen molar-refractivity contribution in [1.82, 2.24) is 29.4 Å².